The first-order valence-electron chi connectivity index (χ1n) is 8.56. The predicted molar refractivity (Wildman–Crippen MR) is 92.2 cm³/mol. The highest BCUT2D eigenvalue weighted by Gasteiger charge is 2.42. The van der Waals surface area contributed by atoms with Crippen LogP contribution in [0.2, 0.25) is 0 Å². The molecular weight excluding hydrogens is 378 g/mol. The molecule has 0 radical (unpaired) electrons. The van der Waals surface area contributed by atoms with Crippen molar-refractivity contribution in [3.05, 3.63) is 71.3 Å². The Balaban J connectivity index is 1.77. The second kappa shape index (κ2) is 7.61. The number of nitrogens with zero attached hydrogens (tertiary/aromatic N) is 1. The van der Waals surface area contributed by atoms with Crippen molar-refractivity contribution in [1.29, 1.82) is 0 Å². The van der Waals surface area contributed by atoms with Gasteiger partial charge in [-0.05, 0) is 23.3 Å². The highest BCUT2D eigenvalue weighted by Crippen LogP contribution is 2.35. The molecule has 1 amide bonds. The second-order valence-corrected chi connectivity index (χ2v) is 6.69. The molecule has 2 aromatic carbocycles. The van der Waals surface area contributed by atoms with Gasteiger partial charge in [-0.3, -0.25) is 9.59 Å². The maximum absolute atomic E-state index is 14.6. The highest BCUT2D eigenvalue weighted by atomic mass is 19.4. The molecular formula is C20H17F4NO3. The van der Waals surface area contributed by atoms with E-state index in [9.17, 15) is 32.3 Å². The molecule has 0 aromatic heterocycles. The van der Waals surface area contributed by atoms with Gasteiger partial charge in [0.05, 0.1) is 11.5 Å². The first kappa shape index (κ1) is 19.9. The molecule has 1 heterocycles. The van der Waals surface area contributed by atoms with E-state index < -0.39 is 41.6 Å². The molecule has 0 aliphatic carbocycles. The van der Waals surface area contributed by atoms with Gasteiger partial charge in [0.15, 0.2) is 0 Å². The lowest BCUT2D eigenvalue weighted by molar-refractivity contribution is -0.142. The molecule has 3 unspecified atom stereocenters. The Morgan fingerprint density at radius 1 is 1.00 bits per heavy atom. The number of carbonyl (C=O) groups excluding carboxylic acids is 1. The quantitative estimate of drug-likeness (QED) is 0.795. The lowest BCUT2D eigenvalue weighted by Gasteiger charge is -2.19. The molecule has 3 atom stereocenters. The molecule has 0 bridgehead atoms. The van der Waals surface area contributed by atoms with E-state index in [1.165, 1.54) is 0 Å². The molecule has 3 rings (SSSR count). The number of benzene rings is 2. The monoisotopic (exact) mass is 395 g/mol. The molecule has 8 heteroatoms. The van der Waals surface area contributed by atoms with Crippen molar-refractivity contribution in [3.8, 4) is 0 Å². The van der Waals surface area contributed by atoms with E-state index in [0.29, 0.717) is 12.1 Å². The predicted octanol–water partition coefficient (Wildman–Crippen LogP) is 4.04. The first-order chi connectivity index (χ1) is 13.2. The fourth-order valence-corrected chi connectivity index (χ4v) is 3.42. The second-order valence-electron chi connectivity index (χ2n) is 6.69. The van der Waals surface area contributed by atoms with E-state index in [1.54, 1.807) is 30.3 Å². The normalized spacial score (nSPS) is 20.8. The molecule has 0 spiro atoms. The minimum atomic E-state index is -4.55. The average molecular weight is 395 g/mol. The summed E-state index contributed by atoms with van der Waals surface area (Å²) in [6.07, 6.45) is -6.72. The first-order valence-corrected chi connectivity index (χ1v) is 8.56. The number of amides is 1. The zero-order valence-electron chi connectivity index (χ0n) is 14.6. The number of alkyl halides is 4. The molecule has 28 heavy (non-hydrogen) atoms. The van der Waals surface area contributed by atoms with Gasteiger partial charge in [0.1, 0.15) is 0 Å². The minimum Gasteiger partial charge on any atom is -0.481 e. The van der Waals surface area contributed by atoms with Crippen LogP contribution in [0, 0.1) is 5.92 Å². The number of hydrogen-bond acceptors (Lipinski definition) is 2. The zero-order chi connectivity index (χ0) is 20.5. The maximum atomic E-state index is 14.6. The van der Waals surface area contributed by atoms with Gasteiger partial charge in [-0.2, -0.15) is 13.2 Å². The summed E-state index contributed by atoms with van der Waals surface area (Å²) in [6, 6.07) is 12.0. The van der Waals surface area contributed by atoms with E-state index >= 15 is 0 Å². The van der Waals surface area contributed by atoms with Gasteiger partial charge < -0.3 is 10.0 Å². The smallest absolute Gasteiger partial charge is 0.416 e. The highest BCUT2D eigenvalue weighted by molar-refractivity contribution is 5.84. The number of carbonyl (C=O) groups is 2. The van der Waals surface area contributed by atoms with Crippen LogP contribution in [0.15, 0.2) is 54.6 Å². The van der Waals surface area contributed by atoms with E-state index in [2.05, 4.69) is 0 Å². The Labute approximate surface area is 158 Å². The number of halogens is 4. The van der Waals surface area contributed by atoms with Crippen LogP contribution in [0.3, 0.4) is 0 Å². The summed E-state index contributed by atoms with van der Waals surface area (Å²) in [6.45, 7) is -0.129. The maximum Gasteiger partial charge on any atom is 0.416 e. The minimum absolute atomic E-state index is 0.0286. The van der Waals surface area contributed by atoms with E-state index in [4.69, 9.17) is 0 Å². The largest absolute Gasteiger partial charge is 0.481 e. The van der Waals surface area contributed by atoms with Crippen molar-refractivity contribution in [1.82, 2.24) is 4.90 Å². The molecule has 1 aliphatic rings. The molecule has 1 saturated heterocycles. The van der Waals surface area contributed by atoms with E-state index in [1.807, 2.05) is 0 Å². The van der Waals surface area contributed by atoms with Gasteiger partial charge in [-0.1, -0.05) is 42.5 Å². The van der Waals surface area contributed by atoms with Crippen LogP contribution in [0.5, 0.6) is 0 Å². The van der Waals surface area contributed by atoms with Crippen molar-refractivity contribution in [2.24, 2.45) is 5.92 Å². The van der Waals surface area contributed by atoms with Crippen LogP contribution in [0.4, 0.5) is 17.6 Å². The summed E-state index contributed by atoms with van der Waals surface area (Å²) >= 11 is 0. The molecule has 4 nitrogen and oxygen atoms in total. The van der Waals surface area contributed by atoms with Crippen LogP contribution >= 0.6 is 0 Å². The van der Waals surface area contributed by atoms with Gasteiger partial charge in [-0.25, -0.2) is 4.39 Å². The lowest BCUT2D eigenvalue weighted by atomic mass is 9.89. The van der Waals surface area contributed by atoms with Crippen molar-refractivity contribution in [2.75, 3.05) is 13.1 Å². The Bertz CT molecular complexity index is 852. The van der Waals surface area contributed by atoms with Gasteiger partial charge in [0, 0.05) is 19.0 Å². The number of rotatable bonds is 4. The summed E-state index contributed by atoms with van der Waals surface area (Å²) in [5.74, 6) is -3.41. The van der Waals surface area contributed by atoms with Gasteiger partial charge in [-0.15, -0.1) is 0 Å². The third-order valence-corrected chi connectivity index (χ3v) is 4.92. The Morgan fingerprint density at radius 2 is 1.61 bits per heavy atom. The third kappa shape index (κ3) is 4.00. The molecule has 1 aliphatic heterocycles. The fraction of sp³-hybridized carbons (Fsp3) is 0.300. The summed E-state index contributed by atoms with van der Waals surface area (Å²) < 4.78 is 52.5. The fourth-order valence-electron chi connectivity index (χ4n) is 3.42. The van der Waals surface area contributed by atoms with Gasteiger partial charge >= 0.3 is 12.1 Å². The van der Waals surface area contributed by atoms with Crippen molar-refractivity contribution < 1.29 is 32.3 Å². The number of carboxylic acid groups (broad SMARTS) is 1. The van der Waals surface area contributed by atoms with Crippen molar-refractivity contribution >= 4 is 11.9 Å². The Morgan fingerprint density at radius 3 is 2.14 bits per heavy atom. The third-order valence-electron chi connectivity index (χ3n) is 4.92. The van der Waals surface area contributed by atoms with Crippen molar-refractivity contribution in [2.45, 2.75) is 18.3 Å². The Hall–Kier alpha value is -2.90. The lowest BCUT2D eigenvalue weighted by Crippen LogP contribution is -2.32. The number of likely N-dealkylation sites (tertiary alicyclic amines) is 1. The summed E-state index contributed by atoms with van der Waals surface area (Å²) in [7, 11) is 0. The topological polar surface area (TPSA) is 57.6 Å². The van der Waals surface area contributed by atoms with Crippen LogP contribution in [0.1, 0.15) is 28.8 Å². The van der Waals surface area contributed by atoms with Crippen LogP contribution in [-0.4, -0.2) is 35.0 Å². The number of carboxylic acids is 1. The van der Waals surface area contributed by atoms with E-state index in [-0.39, 0.29) is 18.7 Å². The van der Waals surface area contributed by atoms with Crippen LogP contribution in [-0.2, 0) is 15.8 Å². The Kier molecular flexibility index (Phi) is 5.40. The summed E-state index contributed by atoms with van der Waals surface area (Å²) in [5.41, 5.74) is -0.407. The van der Waals surface area contributed by atoms with Crippen molar-refractivity contribution in [3.63, 3.8) is 0 Å². The number of aliphatic carboxylic acids is 1. The van der Waals surface area contributed by atoms with Gasteiger partial charge in [0.2, 0.25) is 6.17 Å². The molecule has 1 fully saturated rings. The van der Waals surface area contributed by atoms with Crippen LogP contribution < -0.4 is 0 Å². The average Bonchev–Trinajstić information content (AvgIpc) is 3.13. The molecule has 0 saturated carbocycles. The zero-order valence-corrected chi connectivity index (χ0v) is 14.6. The molecule has 1 N–H and O–H groups in total. The number of hydrogen-bond donors (Lipinski definition) is 1. The van der Waals surface area contributed by atoms with Crippen LogP contribution in [0.25, 0.3) is 0 Å². The standard InChI is InChI=1S/C20H17F4NO3/c21-17(13-6-8-14(9-7-13)20(22,23)24)18(26)25-10-15(16(11-25)19(27)28)12-4-2-1-3-5-12/h1-9,15-17H,10-11H2,(H,27,28). The molecule has 2 aromatic rings. The van der Waals surface area contributed by atoms with Gasteiger partial charge in [0.25, 0.3) is 5.91 Å². The molecule has 148 valence electrons. The SMILES string of the molecule is O=C(O)C1CN(C(=O)C(F)c2ccc(C(F)(F)F)cc2)CC1c1ccccc1. The summed E-state index contributed by atoms with van der Waals surface area (Å²) in [5, 5.41) is 9.47. The van der Waals surface area contributed by atoms with E-state index in [0.717, 1.165) is 22.6 Å². The summed E-state index contributed by atoms with van der Waals surface area (Å²) in [4.78, 5) is 25.2.